The van der Waals surface area contributed by atoms with Gasteiger partial charge in [0, 0.05) is 18.2 Å². The van der Waals surface area contributed by atoms with Crippen LogP contribution in [0.15, 0.2) is 159 Å². The summed E-state index contributed by atoms with van der Waals surface area (Å²) in [4.78, 5) is 39.9. The molecule has 0 atom stereocenters. The Kier molecular flexibility index (Phi) is 32.3. The predicted molar refractivity (Wildman–Crippen MR) is 188 cm³/mol. The SMILES string of the molecule is C=CC=C.C=CC=CC=Cc1ccccc1.C=Cc1ccccc1.CCCCC=C(C=CC(=O)O)C(=O)O.O=C(O)/C=C\C(=O)O. The molecule has 0 bridgehead atoms. The molecule has 46 heavy (non-hydrogen) atoms. The maximum atomic E-state index is 10.6. The second-order valence-electron chi connectivity index (χ2n) is 8.26. The van der Waals surface area contributed by atoms with Gasteiger partial charge in [-0.1, -0.05) is 161 Å². The molecule has 0 saturated carbocycles. The van der Waals surface area contributed by atoms with E-state index < -0.39 is 23.9 Å². The van der Waals surface area contributed by atoms with Gasteiger partial charge in [-0.3, -0.25) is 0 Å². The van der Waals surface area contributed by atoms with E-state index in [9.17, 15) is 19.2 Å². The highest BCUT2D eigenvalue weighted by Crippen LogP contribution is 2.04. The van der Waals surface area contributed by atoms with Gasteiger partial charge in [-0.2, -0.15) is 0 Å². The fourth-order valence-electron chi connectivity index (χ4n) is 2.45. The van der Waals surface area contributed by atoms with Crippen molar-refractivity contribution in [1.29, 1.82) is 0 Å². The highest BCUT2D eigenvalue weighted by Gasteiger charge is 2.02. The number of rotatable bonds is 13. The van der Waals surface area contributed by atoms with E-state index in [1.807, 2.05) is 79.8 Å². The second kappa shape index (κ2) is 33.5. The number of hydrogen-bond acceptors (Lipinski definition) is 4. The van der Waals surface area contributed by atoms with Crippen LogP contribution in [0.3, 0.4) is 0 Å². The van der Waals surface area contributed by atoms with Crippen molar-refractivity contribution in [1.82, 2.24) is 0 Å². The minimum Gasteiger partial charge on any atom is -0.478 e. The van der Waals surface area contributed by atoms with Crippen LogP contribution in [-0.4, -0.2) is 44.3 Å². The summed E-state index contributed by atoms with van der Waals surface area (Å²) < 4.78 is 0. The van der Waals surface area contributed by atoms with E-state index in [0.29, 0.717) is 18.6 Å². The lowest BCUT2D eigenvalue weighted by molar-refractivity contribution is -0.134. The maximum absolute atomic E-state index is 10.6. The summed E-state index contributed by atoms with van der Waals surface area (Å²) in [6.45, 7) is 15.9. The first kappa shape index (κ1) is 44.4. The van der Waals surface area contributed by atoms with Crippen LogP contribution < -0.4 is 0 Å². The summed E-state index contributed by atoms with van der Waals surface area (Å²) in [7, 11) is 0. The quantitative estimate of drug-likeness (QED) is 0.0978. The van der Waals surface area contributed by atoms with E-state index in [4.69, 9.17) is 20.4 Å². The Morgan fingerprint density at radius 3 is 1.41 bits per heavy atom. The highest BCUT2D eigenvalue weighted by molar-refractivity contribution is 5.92. The van der Waals surface area contributed by atoms with Gasteiger partial charge in [0.05, 0.1) is 5.57 Å². The zero-order valence-electron chi connectivity index (χ0n) is 26.2. The van der Waals surface area contributed by atoms with E-state index >= 15 is 0 Å². The molecule has 0 amide bonds. The third-order valence-electron chi connectivity index (χ3n) is 4.59. The van der Waals surface area contributed by atoms with Crippen molar-refractivity contribution in [2.24, 2.45) is 0 Å². The van der Waals surface area contributed by atoms with E-state index in [2.05, 4.69) is 44.5 Å². The van der Waals surface area contributed by atoms with E-state index in [1.165, 1.54) is 17.2 Å². The molecule has 0 aliphatic heterocycles. The Morgan fingerprint density at radius 2 is 1.07 bits per heavy atom. The lowest BCUT2D eigenvalue weighted by atomic mass is 10.1. The van der Waals surface area contributed by atoms with Crippen LogP contribution in [0.5, 0.6) is 0 Å². The van der Waals surface area contributed by atoms with Crippen LogP contribution in [0.1, 0.15) is 37.3 Å². The average molecular weight is 629 g/mol. The minimum atomic E-state index is -1.26. The molecule has 0 aliphatic rings. The molecule has 2 aromatic rings. The van der Waals surface area contributed by atoms with E-state index in [1.54, 1.807) is 18.2 Å². The molecule has 2 aromatic carbocycles. The van der Waals surface area contributed by atoms with Crippen molar-refractivity contribution < 1.29 is 39.6 Å². The molecule has 0 aromatic heterocycles. The van der Waals surface area contributed by atoms with Crippen molar-refractivity contribution in [3.05, 3.63) is 171 Å². The molecule has 0 aliphatic carbocycles. The first-order valence-electron chi connectivity index (χ1n) is 13.9. The average Bonchev–Trinajstić information content (AvgIpc) is 3.05. The van der Waals surface area contributed by atoms with E-state index in [-0.39, 0.29) is 5.57 Å². The Hall–Kier alpha value is -6.02. The molecule has 0 heterocycles. The Labute approximate surface area is 272 Å². The fourth-order valence-corrected chi connectivity index (χ4v) is 2.45. The number of carboxylic acids is 4. The molecule has 8 heteroatoms. The third kappa shape index (κ3) is 36.0. The number of benzene rings is 2. The second-order valence-corrected chi connectivity index (χ2v) is 8.26. The highest BCUT2D eigenvalue weighted by atomic mass is 16.4. The summed E-state index contributed by atoms with van der Waals surface area (Å²) >= 11 is 0. The van der Waals surface area contributed by atoms with Gasteiger partial charge in [-0.05, 0) is 23.6 Å². The van der Waals surface area contributed by atoms with Gasteiger partial charge < -0.3 is 20.4 Å². The first-order chi connectivity index (χ1) is 22.0. The maximum Gasteiger partial charge on any atom is 0.335 e. The topological polar surface area (TPSA) is 149 Å². The van der Waals surface area contributed by atoms with E-state index in [0.717, 1.165) is 25.0 Å². The lowest BCUT2D eigenvalue weighted by Gasteiger charge is -1.94. The molecular weight excluding hydrogens is 584 g/mol. The van der Waals surface area contributed by atoms with Gasteiger partial charge >= 0.3 is 23.9 Å². The first-order valence-corrected chi connectivity index (χ1v) is 13.9. The number of unbranched alkanes of at least 4 members (excludes halogenated alkanes) is 2. The summed E-state index contributed by atoms with van der Waals surface area (Å²) in [6.07, 6.45) is 21.9. The largest absolute Gasteiger partial charge is 0.478 e. The van der Waals surface area contributed by atoms with Crippen molar-refractivity contribution >= 4 is 36.0 Å². The van der Waals surface area contributed by atoms with Crippen LogP contribution in [0.25, 0.3) is 12.2 Å². The molecule has 8 nitrogen and oxygen atoms in total. The van der Waals surface area contributed by atoms with Crippen molar-refractivity contribution in [3.8, 4) is 0 Å². The number of carbonyl (C=O) groups is 4. The van der Waals surface area contributed by atoms with Crippen molar-refractivity contribution in [2.45, 2.75) is 26.2 Å². The van der Waals surface area contributed by atoms with Crippen LogP contribution in [-0.2, 0) is 19.2 Å². The van der Waals surface area contributed by atoms with Gasteiger partial charge in [-0.15, -0.1) is 0 Å². The van der Waals surface area contributed by atoms with Crippen LogP contribution >= 0.6 is 0 Å². The van der Waals surface area contributed by atoms with Gasteiger partial charge in [-0.25, -0.2) is 19.2 Å². The molecule has 0 fully saturated rings. The van der Waals surface area contributed by atoms with Crippen LogP contribution in [0.2, 0.25) is 0 Å². The molecule has 0 radical (unpaired) electrons. The Balaban J connectivity index is -0.000000527. The minimum absolute atomic E-state index is 0.0286. The standard InChI is InChI=1S/C12H12.C10H14O4.C8H8.C4H4O4.C4H6/c1-2-3-4-6-9-12-10-7-5-8-11-12;1-2-3-4-5-8(10(13)14)6-7-9(11)12;1-2-8-6-4-3-5-7-8;5-3(6)1-2-4(7)8;1-3-4-2/h2-11H,1H2;5-7H,2-4H2,1H3,(H,11,12)(H,13,14);2-7H,1H2;1-2H,(H,5,6)(H,7,8);3-4H,1-2H2/b;;;2-1-;. The number of hydrogen-bond donors (Lipinski definition) is 4. The monoisotopic (exact) mass is 628 g/mol. The van der Waals surface area contributed by atoms with Crippen molar-refractivity contribution in [3.63, 3.8) is 0 Å². The lowest BCUT2D eigenvalue weighted by Crippen LogP contribution is -1.99. The summed E-state index contributed by atoms with van der Waals surface area (Å²) in [5.74, 6) is -4.76. The summed E-state index contributed by atoms with van der Waals surface area (Å²) in [5.41, 5.74) is 2.42. The zero-order valence-corrected chi connectivity index (χ0v) is 26.2. The molecule has 0 unspecified atom stereocenters. The Bertz CT molecular complexity index is 1310. The van der Waals surface area contributed by atoms with Gasteiger partial charge in [0.2, 0.25) is 0 Å². The predicted octanol–water partition coefficient (Wildman–Crippen LogP) is 8.67. The molecular formula is C38H44O8. The van der Waals surface area contributed by atoms with Crippen molar-refractivity contribution in [2.75, 3.05) is 0 Å². The van der Waals surface area contributed by atoms with Crippen LogP contribution in [0, 0.1) is 0 Å². The third-order valence-corrected chi connectivity index (χ3v) is 4.59. The fraction of sp³-hybridized carbons (Fsp3) is 0.105. The summed E-state index contributed by atoms with van der Waals surface area (Å²) in [5, 5.41) is 32.6. The molecule has 0 spiro atoms. The smallest absolute Gasteiger partial charge is 0.335 e. The Morgan fingerprint density at radius 1 is 0.609 bits per heavy atom. The molecule has 0 saturated heterocycles. The molecule has 4 N–H and O–H groups in total. The normalized spacial score (nSPS) is 10.1. The van der Waals surface area contributed by atoms with Crippen LogP contribution in [0.4, 0.5) is 0 Å². The number of allylic oxidation sites excluding steroid dienone is 7. The van der Waals surface area contributed by atoms with Gasteiger partial charge in [0.15, 0.2) is 0 Å². The molecule has 2 rings (SSSR count). The number of carboxylic acid groups (broad SMARTS) is 4. The molecule has 244 valence electrons. The number of aliphatic carboxylic acids is 4. The van der Waals surface area contributed by atoms with Gasteiger partial charge in [0.25, 0.3) is 0 Å². The zero-order chi connectivity index (χ0) is 35.4. The summed E-state index contributed by atoms with van der Waals surface area (Å²) in [6, 6.07) is 20.2. The van der Waals surface area contributed by atoms with Gasteiger partial charge in [0.1, 0.15) is 0 Å².